The highest BCUT2D eigenvalue weighted by Gasteiger charge is 2.40. The maximum atomic E-state index is 13.5. The second-order valence-electron chi connectivity index (χ2n) is 7.03. The molecule has 2 aliphatic heterocycles. The fraction of sp³-hybridized carbons (Fsp3) is 0.381. The molecule has 1 aromatic heterocycles. The van der Waals surface area contributed by atoms with Crippen molar-refractivity contribution in [3.63, 3.8) is 0 Å². The van der Waals surface area contributed by atoms with Crippen molar-refractivity contribution in [2.75, 3.05) is 19.8 Å². The molecule has 2 atom stereocenters. The van der Waals surface area contributed by atoms with Crippen molar-refractivity contribution in [3.05, 3.63) is 58.9 Å². The summed E-state index contributed by atoms with van der Waals surface area (Å²) in [7, 11) is 0. The summed E-state index contributed by atoms with van der Waals surface area (Å²) in [6.07, 6.45) is 1.40. The first kappa shape index (κ1) is 20.2. The van der Waals surface area contributed by atoms with Gasteiger partial charge in [0.25, 0.3) is 5.91 Å². The average Bonchev–Trinajstić information content (AvgIpc) is 3.07. The summed E-state index contributed by atoms with van der Waals surface area (Å²) in [6, 6.07) is 4.36. The Morgan fingerprint density at radius 1 is 1.30 bits per heavy atom. The van der Waals surface area contributed by atoms with Crippen molar-refractivity contribution in [1.29, 1.82) is 0 Å². The number of benzene rings is 1. The number of aromatic nitrogens is 1. The molecule has 0 radical (unpaired) electrons. The van der Waals surface area contributed by atoms with Crippen LogP contribution in [-0.2, 0) is 16.0 Å². The molecule has 3 heterocycles. The molecule has 7 nitrogen and oxygen atoms in total. The molecule has 1 fully saturated rings. The highest BCUT2D eigenvalue weighted by molar-refractivity contribution is 6.00. The predicted molar refractivity (Wildman–Crippen MR) is 100 cm³/mol. The van der Waals surface area contributed by atoms with Crippen LogP contribution in [0.2, 0.25) is 0 Å². The number of hydrogen-bond donors (Lipinski definition) is 0. The van der Waals surface area contributed by atoms with Crippen LogP contribution in [0.4, 0.5) is 8.78 Å². The van der Waals surface area contributed by atoms with E-state index in [1.54, 1.807) is 11.8 Å². The van der Waals surface area contributed by atoms with Crippen LogP contribution in [0.5, 0.6) is 5.75 Å². The number of nitrogens with zero attached hydrogens (tertiary/aromatic N) is 2. The molecular formula is C21H20F2N2O5. The maximum Gasteiger partial charge on any atom is 0.339 e. The Bertz CT molecular complexity index is 984. The minimum absolute atomic E-state index is 0.178. The Morgan fingerprint density at radius 2 is 2.13 bits per heavy atom. The van der Waals surface area contributed by atoms with E-state index in [2.05, 4.69) is 4.98 Å². The van der Waals surface area contributed by atoms with Crippen LogP contribution in [-0.4, -0.2) is 53.7 Å². The number of ether oxygens (including phenoxy) is 3. The molecular weight excluding hydrogens is 398 g/mol. The fourth-order valence-corrected chi connectivity index (χ4v) is 3.64. The predicted octanol–water partition coefficient (Wildman–Crippen LogP) is 2.73. The summed E-state index contributed by atoms with van der Waals surface area (Å²) in [5, 5.41) is 0. The minimum Gasteiger partial charge on any atom is -0.488 e. The number of fused-ring (bicyclic) bond motifs is 1. The molecule has 0 bridgehead atoms. The summed E-state index contributed by atoms with van der Waals surface area (Å²) in [5.41, 5.74) is 1.09. The number of carbonyl (C=O) groups excluding carboxylic acids is 2. The molecule has 1 aromatic carbocycles. The zero-order valence-electron chi connectivity index (χ0n) is 16.3. The molecule has 1 amide bonds. The third-order valence-corrected chi connectivity index (χ3v) is 5.14. The SMILES string of the molecule is CCOC(=O)c1cnc2c(c1)C(=O)N([C@@H]1COCC[C@H]1Oc1ccc(F)c(F)c1)C2. The molecule has 30 heavy (non-hydrogen) atoms. The van der Waals surface area contributed by atoms with Crippen molar-refractivity contribution < 1.29 is 32.6 Å². The summed E-state index contributed by atoms with van der Waals surface area (Å²) in [4.78, 5) is 30.8. The van der Waals surface area contributed by atoms with E-state index >= 15 is 0 Å². The molecule has 2 aliphatic rings. The van der Waals surface area contributed by atoms with E-state index < -0.39 is 29.7 Å². The zero-order chi connectivity index (χ0) is 21.3. The summed E-state index contributed by atoms with van der Waals surface area (Å²) in [5.74, 6) is -2.62. The lowest BCUT2D eigenvalue weighted by molar-refractivity contribution is -0.0431. The van der Waals surface area contributed by atoms with E-state index in [0.29, 0.717) is 24.3 Å². The first-order valence-corrected chi connectivity index (χ1v) is 9.64. The van der Waals surface area contributed by atoms with Crippen LogP contribution >= 0.6 is 0 Å². The van der Waals surface area contributed by atoms with Gasteiger partial charge in [0.15, 0.2) is 11.6 Å². The van der Waals surface area contributed by atoms with Crippen molar-refractivity contribution in [1.82, 2.24) is 9.88 Å². The van der Waals surface area contributed by atoms with Crippen LogP contribution in [0.1, 0.15) is 39.8 Å². The Hall–Kier alpha value is -3.07. The van der Waals surface area contributed by atoms with Gasteiger partial charge in [0.1, 0.15) is 11.9 Å². The van der Waals surface area contributed by atoms with Gasteiger partial charge in [-0.15, -0.1) is 0 Å². The largest absolute Gasteiger partial charge is 0.488 e. The molecule has 1 saturated heterocycles. The Morgan fingerprint density at radius 3 is 2.90 bits per heavy atom. The van der Waals surface area contributed by atoms with Crippen LogP contribution in [0.15, 0.2) is 30.5 Å². The lowest BCUT2D eigenvalue weighted by Gasteiger charge is -2.37. The molecule has 4 rings (SSSR count). The van der Waals surface area contributed by atoms with Crippen molar-refractivity contribution >= 4 is 11.9 Å². The quantitative estimate of drug-likeness (QED) is 0.695. The number of pyridine rings is 1. The average molecular weight is 418 g/mol. The van der Waals surface area contributed by atoms with Crippen LogP contribution < -0.4 is 4.74 Å². The number of halogens is 2. The molecule has 0 unspecified atom stereocenters. The monoisotopic (exact) mass is 418 g/mol. The van der Waals surface area contributed by atoms with E-state index in [9.17, 15) is 18.4 Å². The second kappa shape index (κ2) is 8.35. The first-order chi connectivity index (χ1) is 14.5. The van der Waals surface area contributed by atoms with E-state index in [4.69, 9.17) is 14.2 Å². The Labute approximate surface area is 171 Å². The number of amides is 1. The molecule has 158 valence electrons. The van der Waals surface area contributed by atoms with Crippen molar-refractivity contribution in [3.8, 4) is 5.75 Å². The third kappa shape index (κ3) is 3.85. The normalized spacial score (nSPS) is 20.8. The minimum atomic E-state index is -1.00. The van der Waals surface area contributed by atoms with E-state index in [1.165, 1.54) is 18.3 Å². The van der Waals surface area contributed by atoms with Gasteiger partial charge in [0.2, 0.25) is 0 Å². The Balaban J connectivity index is 1.54. The molecule has 0 aliphatic carbocycles. The van der Waals surface area contributed by atoms with E-state index in [-0.39, 0.29) is 37.0 Å². The van der Waals surface area contributed by atoms with Gasteiger partial charge < -0.3 is 19.1 Å². The first-order valence-electron chi connectivity index (χ1n) is 9.64. The van der Waals surface area contributed by atoms with Crippen LogP contribution in [0, 0.1) is 11.6 Å². The standard InChI is InChI=1S/C21H20F2N2O5/c1-2-29-21(27)12-7-14-17(24-9-12)10-25(20(14)26)18-11-28-6-5-19(18)30-13-3-4-15(22)16(23)8-13/h3-4,7-9,18-19H,2,5-6,10-11H2,1H3/t18-,19-/m1/s1. The van der Waals surface area contributed by atoms with Crippen molar-refractivity contribution in [2.45, 2.75) is 32.0 Å². The summed E-state index contributed by atoms with van der Waals surface area (Å²) < 4.78 is 43.1. The fourth-order valence-electron chi connectivity index (χ4n) is 3.64. The third-order valence-electron chi connectivity index (χ3n) is 5.14. The van der Waals surface area contributed by atoms with Crippen LogP contribution in [0.3, 0.4) is 0 Å². The van der Waals surface area contributed by atoms with Gasteiger partial charge in [-0.1, -0.05) is 0 Å². The highest BCUT2D eigenvalue weighted by Crippen LogP contribution is 2.29. The van der Waals surface area contributed by atoms with Crippen LogP contribution in [0.25, 0.3) is 0 Å². The zero-order valence-corrected chi connectivity index (χ0v) is 16.3. The summed E-state index contributed by atoms with van der Waals surface area (Å²) >= 11 is 0. The molecule has 0 saturated carbocycles. The van der Waals surface area contributed by atoms with Gasteiger partial charge in [-0.3, -0.25) is 9.78 Å². The topological polar surface area (TPSA) is 78.0 Å². The lowest BCUT2D eigenvalue weighted by Crippen LogP contribution is -2.52. The molecule has 0 spiro atoms. The number of hydrogen-bond acceptors (Lipinski definition) is 6. The molecule has 9 heteroatoms. The molecule has 0 N–H and O–H groups in total. The number of rotatable bonds is 5. The number of esters is 1. The summed E-state index contributed by atoms with van der Waals surface area (Å²) in [6.45, 7) is 2.81. The lowest BCUT2D eigenvalue weighted by atomic mass is 10.0. The van der Waals surface area contributed by atoms with Gasteiger partial charge in [0, 0.05) is 18.7 Å². The maximum absolute atomic E-state index is 13.5. The smallest absolute Gasteiger partial charge is 0.339 e. The van der Waals surface area contributed by atoms with E-state index in [0.717, 1.165) is 12.1 Å². The van der Waals surface area contributed by atoms with Gasteiger partial charge in [-0.2, -0.15) is 0 Å². The van der Waals surface area contributed by atoms with Gasteiger partial charge in [0.05, 0.1) is 49.2 Å². The Kier molecular flexibility index (Phi) is 5.63. The van der Waals surface area contributed by atoms with E-state index in [1.807, 2.05) is 0 Å². The van der Waals surface area contributed by atoms with Crippen molar-refractivity contribution in [2.24, 2.45) is 0 Å². The van der Waals surface area contributed by atoms with Gasteiger partial charge >= 0.3 is 5.97 Å². The number of carbonyl (C=O) groups is 2. The van der Waals surface area contributed by atoms with Gasteiger partial charge in [-0.25, -0.2) is 13.6 Å². The molecule has 2 aromatic rings. The van der Waals surface area contributed by atoms with Gasteiger partial charge in [-0.05, 0) is 25.1 Å². The highest BCUT2D eigenvalue weighted by atomic mass is 19.2. The second-order valence-corrected chi connectivity index (χ2v) is 7.03.